The number of hydrogen-bond acceptors (Lipinski definition) is 2. The third-order valence-corrected chi connectivity index (χ3v) is 5.14. The van der Waals surface area contributed by atoms with Crippen LogP contribution in [0.5, 0.6) is 0 Å². The van der Waals surface area contributed by atoms with E-state index < -0.39 is 6.10 Å². The minimum atomic E-state index is -0.589. The van der Waals surface area contributed by atoms with Gasteiger partial charge in [0.2, 0.25) is 0 Å². The van der Waals surface area contributed by atoms with Crippen LogP contribution in [-0.4, -0.2) is 15.4 Å². The van der Waals surface area contributed by atoms with Gasteiger partial charge in [0.1, 0.15) is 0 Å². The summed E-state index contributed by atoms with van der Waals surface area (Å²) in [6.07, 6.45) is -0.589. The molecule has 1 aromatic heterocycles. The lowest BCUT2D eigenvalue weighted by Crippen LogP contribution is -2.02. The summed E-state index contributed by atoms with van der Waals surface area (Å²) in [5.41, 5.74) is 5.91. The number of rotatable bonds is 4. The van der Waals surface area contributed by atoms with Crippen LogP contribution in [-0.2, 0) is 0 Å². The summed E-state index contributed by atoms with van der Waals surface area (Å²) >= 11 is 3.41. The Morgan fingerprint density at radius 1 is 0.808 bits per heavy atom. The van der Waals surface area contributed by atoms with E-state index in [4.69, 9.17) is 4.98 Å². The standard InChI is InChI=1S/C23H18BrNO/c24-15-22(26)20-14-21(17-10-5-2-6-11-17)25-23-18(12-7-13-19(20)23)16-8-3-1-4-9-16/h1-14,22,26H,15H2. The van der Waals surface area contributed by atoms with Crippen molar-refractivity contribution in [2.45, 2.75) is 6.10 Å². The fourth-order valence-electron chi connectivity index (χ4n) is 3.24. The second kappa shape index (κ2) is 7.40. The van der Waals surface area contributed by atoms with Crippen LogP contribution in [0.2, 0.25) is 0 Å². The molecule has 1 atom stereocenters. The monoisotopic (exact) mass is 403 g/mol. The lowest BCUT2D eigenvalue weighted by molar-refractivity contribution is 0.207. The first-order valence-electron chi connectivity index (χ1n) is 8.56. The number of aromatic nitrogens is 1. The molecule has 0 fully saturated rings. The van der Waals surface area contributed by atoms with E-state index in [2.05, 4.69) is 34.1 Å². The molecule has 1 heterocycles. The van der Waals surface area contributed by atoms with E-state index in [0.717, 1.165) is 38.9 Å². The summed E-state index contributed by atoms with van der Waals surface area (Å²) in [7, 11) is 0. The molecular weight excluding hydrogens is 386 g/mol. The third kappa shape index (κ3) is 3.16. The number of pyridine rings is 1. The van der Waals surface area contributed by atoms with Crippen molar-refractivity contribution in [3.05, 3.63) is 90.5 Å². The van der Waals surface area contributed by atoms with Crippen molar-refractivity contribution in [1.29, 1.82) is 0 Å². The number of nitrogens with zero attached hydrogens (tertiary/aromatic N) is 1. The van der Waals surface area contributed by atoms with E-state index >= 15 is 0 Å². The van der Waals surface area contributed by atoms with Crippen molar-refractivity contribution >= 4 is 26.8 Å². The van der Waals surface area contributed by atoms with E-state index in [0.29, 0.717) is 5.33 Å². The molecule has 4 rings (SSSR count). The summed E-state index contributed by atoms with van der Waals surface area (Å²) in [5, 5.41) is 12.1. The third-order valence-electron chi connectivity index (χ3n) is 4.53. The smallest absolute Gasteiger partial charge is 0.0894 e. The molecule has 3 heteroatoms. The lowest BCUT2D eigenvalue weighted by Gasteiger charge is -2.16. The van der Waals surface area contributed by atoms with Crippen molar-refractivity contribution in [1.82, 2.24) is 4.98 Å². The van der Waals surface area contributed by atoms with Gasteiger partial charge in [-0.2, -0.15) is 0 Å². The highest BCUT2D eigenvalue weighted by Gasteiger charge is 2.16. The summed E-state index contributed by atoms with van der Waals surface area (Å²) < 4.78 is 0. The van der Waals surface area contributed by atoms with Gasteiger partial charge >= 0.3 is 0 Å². The zero-order valence-corrected chi connectivity index (χ0v) is 15.7. The first kappa shape index (κ1) is 17.0. The van der Waals surface area contributed by atoms with Gasteiger partial charge in [-0.3, -0.25) is 0 Å². The van der Waals surface area contributed by atoms with E-state index in [9.17, 15) is 5.11 Å². The number of halogens is 1. The normalized spacial score (nSPS) is 12.2. The quantitative estimate of drug-likeness (QED) is 0.424. The maximum Gasteiger partial charge on any atom is 0.0894 e. The van der Waals surface area contributed by atoms with Crippen LogP contribution in [0.15, 0.2) is 84.9 Å². The minimum Gasteiger partial charge on any atom is -0.388 e. The largest absolute Gasteiger partial charge is 0.388 e. The van der Waals surface area contributed by atoms with Crippen LogP contribution in [0.4, 0.5) is 0 Å². The van der Waals surface area contributed by atoms with Gasteiger partial charge < -0.3 is 5.11 Å². The molecule has 1 unspecified atom stereocenters. The molecule has 1 N–H and O–H groups in total. The number of aliphatic hydroxyl groups excluding tert-OH is 1. The van der Waals surface area contributed by atoms with E-state index in [-0.39, 0.29) is 0 Å². The number of fused-ring (bicyclic) bond motifs is 1. The molecule has 0 amide bonds. The van der Waals surface area contributed by atoms with Crippen LogP contribution in [0, 0.1) is 0 Å². The van der Waals surface area contributed by atoms with Gasteiger partial charge in [0.15, 0.2) is 0 Å². The molecule has 3 aromatic carbocycles. The molecule has 0 aliphatic carbocycles. The number of aliphatic hydroxyl groups is 1. The number of hydrogen-bond donors (Lipinski definition) is 1. The molecule has 0 saturated carbocycles. The summed E-state index contributed by atoms with van der Waals surface area (Å²) in [5.74, 6) is 0. The van der Waals surface area contributed by atoms with E-state index in [1.165, 1.54) is 0 Å². The van der Waals surface area contributed by atoms with E-state index in [1.54, 1.807) is 0 Å². The highest BCUT2D eigenvalue weighted by molar-refractivity contribution is 9.09. The molecular formula is C23H18BrNO. The molecule has 0 bridgehead atoms. The Morgan fingerprint density at radius 2 is 1.46 bits per heavy atom. The molecule has 2 nitrogen and oxygen atoms in total. The molecule has 128 valence electrons. The highest BCUT2D eigenvalue weighted by atomic mass is 79.9. The van der Waals surface area contributed by atoms with Crippen molar-refractivity contribution in [3.8, 4) is 22.4 Å². The Balaban J connectivity index is 2.04. The molecule has 0 radical (unpaired) electrons. The summed E-state index contributed by atoms with van der Waals surface area (Å²) in [4.78, 5) is 4.97. The summed E-state index contributed by atoms with van der Waals surface area (Å²) in [6, 6.07) is 28.5. The van der Waals surface area contributed by atoms with E-state index in [1.807, 2.05) is 66.7 Å². The summed E-state index contributed by atoms with van der Waals surface area (Å²) in [6.45, 7) is 0. The van der Waals surface area contributed by atoms with Crippen LogP contribution in [0.25, 0.3) is 33.3 Å². The van der Waals surface area contributed by atoms with Gasteiger partial charge in [-0.1, -0.05) is 94.8 Å². The van der Waals surface area contributed by atoms with Gasteiger partial charge in [-0.05, 0) is 17.2 Å². The Bertz CT molecular complexity index is 1030. The van der Waals surface area contributed by atoms with Crippen LogP contribution >= 0.6 is 15.9 Å². The Labute approximate surface area is 161 Å². The molecule has 0 saturated heterocycles. The first-order chi connectivity index (χ1) is 12.8. The van der Waals surface area contributed by atoms with Crippen molar-refractivity contribution in [2.75, 3.05) is 5.33 Å². The Kier molecular flexibility index (Phi) is 4.83. The minimum absolute atomic E-state index is 0.482. The van der Waals surface area contributed by atoms with Crippen molar-refractivity contribution in [3.63, 3.8) is 0 Å². The van der Waals surface area contributed by atoms with Gasteiger partial charge in [0.25, 0.3) is 0 Å². The predicted octanol–water partition coefficient (Wildman–Crippen LogP) is 6.00. The Morgan fingerprint density at radius 3 is 2.12 bits per heavy atom. The molecule has 0 aliphatic rings. The average Bonchev–Trinajstić information content (AvgIpc) is 2.73. The second-order valence-electron chi connectivity index (χ2n) is 6.20. The van der Waals surface area contributed by atoms with Gasteiger partial charge in [0.05, 0.1) is 17.3 Å². The van der Waals surface area contributed by atoms with Crippen LogP contribution in [0.3, 0.4) is 0 Å². The van der Waals surface area contributed by atoms with Gasteiger partial charge in [0, 0.05) is 21.8 Å². The highest BCUT2D eigenvalue weighted by Crippen LogP contribution is 2.34. The number of benzene rings is 3. The molecule has 4 aromatic rings. The molecule has 0 spiro atoms. The SMILES string of the molecule is OC(CBr)c1cc(-c2ccccc2)nc2c(-c3ccccc3)cccc12. The number of para-hydroxylation sites is 1. The lowest BCUT2D eigenvalue weighted by atomic mass is 9.96. The fraction of sp³-hybridized carbons (Fsp3) is 0.0870. The first-order valence-corrected chi connectivity index (χ1v) is 9.68. The zero-order chi connectivity index (χ0) is 17.9. The van der Waals surface area contributed by atoms with Crippen molar-refractivity contribution < 1.29 is 5.11 Å². The number of alkyl halides is 1. The Hall–Kier alpha value is -2.49. The predicted molar refractivity (Wildman–Crippen MR) is 111 cm³/mol. The second-order valence-corrected chi connectivity index (χ2v) is 6.85. The van der Waals surface area contributed by atoms with Gasteiger partial charge in [-0.25, -0.2) is 4.98 Å². The molecule has 26 heavy (non-hydrogen) atoms. The topological polar surface area (TPSA) is 33.1 Å². The van der Waals surface area contributed by atoms with Crippen molar-refractivity contribution in [2.24, 2.45) is 0 Å². The van der Waals surface area contributed by atoms with Crippen LogP contribution < -0.4 is 0 Å². The average molecular weight is 404 g/mol. The van der Waals surface area contributed by atoms with Crippen LogP contribution in [0.1, 0.15) is 11.7 Å². The fourth-order valence-corrected chi connectivity index (χ4v) is 3.59. The maximum atomic E-state index is 10.6. The molecule has 0 aliphatic heterocycles. The zero-order valence-electron chi connectivity index (χ0n) is 14.1. The maximum absolute atomic E-state index is 10.6. The van der Waals surface area contributed by atoms with Gasteiger partial charge in [-0.15, -0.1) is 0 Å².